The van der Waals surface area contributed by atoms with Crippen LogP contribution in [-0.2, 0) is 9.47 Å². The van der Waals surface area contributed by atoms with Crippen LogP contribution >= 0.6 is 0 Å². The van der Waals surface area contributed by atoms with Crippen molar-refractivity contribution in [1.29, 1.82) is 0 Å². The SMILES string of the molecule is COC1CC(C)O[C@H](C)[C@@H]1C. The van der Waals surface area contributed by atoms with Crippen LogP contribution in [0.1, 0.15) is 27.2 Å². The maximum absolute atomic E-state index is 5.65. The Hall–Kier alpha value is -0.0800. The van der Waals surface area contributed by atoms with Gasteiger partial charge in [0, 0.05) is 13.0 Å². The second kappa shape index (κ2) is 3.55. The number of ether oxygens (including phenoxy) is 2. The summed E-state index contributed by atoms with van der Waals surface area (Å²) in [5.74, 6) is 0.524. The molecule has 66 valence electrons. The zero-order valence-corrected chi connectivity index (χ0v) is 7.83. The fourth-order valence-electron chi connectivity index (χ4n) is 1.70. The average Bonchev–Trinajstić information content (AvgIpc) is 1.96. The molecular formula is C9H18O2. The van der Waals surface area contributed by atoms with E-state index in [2.05, 4.69) is 20.8 Å². The van der Waals surface area contributed by atoms with Gasteiger partial charge in [-0.25, -0.2) is 0 Å². The summed E-state index contributed by atoms with van der Waals surface area (Å²) in [4.78, 5) is 0. The minimum atomic E-state index is 0.337. The van der Waals surface area contributed by atoms with Gasteiger partial charge >= 0.3 is 0 Å². The summed E-state index contributed by atoms with van der Waals surface area (Å²) in [6, 6.07) is 0. The van der Waals surface area contributed by atoms with Gasteiger partial charge in [0.15, 0.2) is 0 Å². The molecule has 0 N–H and O–H groups in total. The molecule has 0 aliphatic carbocycles. The third-order valence-corrected chi connectivity index (χ3v) is 2.64. The first-order chi connectivity index (χ1) is 5.15. The molecule has 1 aliphatic heterocycles. The van der Waals surface area contributed by atoms with Gasteiger partial charge in [0.1, 0.15) is 0 Å². The van der Waals surface area contributed by atoms with Gasteiger partial charge in [-0.05, 0) is 20.3 Å². The van der Waals surface area contributed by atoms with E-state index in [-0.39, 0.29) is 0 Å². The van der Waals surface area contributed by atoms with E-state index in [1.165, 1.54) is 0 Å². The molecule has 0 saturated carbocycles. The van der Waals surface area contributed by atoms with Crippen LogP contribution in [0.4, 0.5) is 0 Å². The average molecular weight is 158 g/mol. The van der Waals surface area contributed by atoms with E-state index in [4.69, 9.17) is 9.47 Å². The number of hydrogen-bond donors (Lipinski definition) is 0. The second-order valence-electron chi connectivity index (χ2n) is 3.52. The molecule has 1 fully saturated rings. The van der Waals surface area contributed by atoms with Gasteiger partial charge in [0.25, 0.3) is 0 Å². The van der Waals surface area contributed by atoms with Crippen molar-refractivity contribution in [2.45, 2.75) is 45.5 Å². The topological polar surface area (TPSA) is 18.5 Å². The summed E-state index contributed by atoms with van der Waals surface area (Å²) in [6.45, 7) is 6.41. The molecule has 0 aromatic rings. The Morgan fingerprint density at radius 1 is 1.27 bits per heavy atom. The van der Waals surface area contributed by atoms with Crippen LogP contribution in [0.3, 0.4) is 0 Å². The van der Waals surface area contributed by atoms with Crippen LogP contribution < -0.4 is 0 Å². The number of rotatable bonds is 1. The van der Waals surface area contributed by atoms with Crippen molar-refractivity contribution in [1.82, 2.24) is 0 Å². The molecule has 0 aromatic carbocycles. The van der Waals surface area contributed by atoms with E-state index in [9.17, 15) is 0 Å². The Kier molecular flexibility index (Phi) is 2.90. The zero-order valence-electron chi connectivity index (χ0n) is 7.83. The molecule has 2 heteroatoms. The Balaban J connectivity index is 2.51. The molecule has 1 saturated heterocycles. The van der Waals surface area contributed by atoms with Crippen LogP contribution in [0.5, 0.6) is 0 Å². The van der Waals surface area contributed by atoms with Gasteiger partial charge in [0.2, 0.25) is 0 Å². The van der Waals surface area contributed by atoms with E-state index >= 15 is 0 Å². The predicted molar refractivity (Wildman–Crippen MR) is 44.6 cm³/mol. The van der Waals surface area contributed by atoms with E-state index in [0.29, 0.717) is 24.2 Å². The first-order valence-corrected chi connectivity index (χ1v) is 4.33. The largest absolute Gasteiger partial charge is 0.381 e. The molecule has 0 amide bonds. The molecule has 0 bridgehead atoms. The smallest absolute Gasteiger partial charge is 0.0646 e. The predicted octanol–water partition coefficient (Wildman–Crippen LogP) is 1.83. The lowest BCUT2D eigenvalue weighted by Crippen LogP contribution is -2.41. The molecule has 2 nitrogen and oxygen atoms in total. The third-order valence-electron chi connectivity index (χ3n) is 2.64. The Labute approximate surface area is 68.9 Å². The summed E-state index contributed by atoms with van der Waals surface area (Å²) in [5.41, 5.74) is 0. The van der Waals surface area contributed by atoms with E-state index < -0.39 is 0 Å². The summed E-state index contributed by atoms with van der Waals surface area (Å²) in [5, 5.41) is 0. The third kappa shape index (κ3) is 1.94. The minimum absolute atomic E-state index is 0.337. The molecule has 1 heterocycles. The number of hydrogen-bond acceptors (Lipinski definition) is 2. The molecule has 1 rings (SSSR count). The Bertz CT molecular complexity index is 125. The van der Waals surface area contributed by atoms with Crippen LogP contribution in [0.25, 0.3) is 0 Å². The molecular weight excluding hydrogens is 140 g/mol. The van der Waals surface area contributed by atoms with Crippen LogP contribution in [-0.4, -0.2) is 25.4 Å². The quantitative estimate of drug-likeness (QED) is 0.579. The molecule has 2 unspecified atom stereocenters. The lowest BCUT2D eigenvalue weighted by atomic mass is 9.91. The zero-order chi connectivity index (χ0) is 8.43. The highest BCUT2D eigenvalue weighted by atomic mass is 16.5. The van der Waals surface area contributed by atoms with Crippen molar-refractivity contribution < 1.29 is 9.47 Å². The first kappa shape index (κ1) is 9.01. The molecule has 0 aromatic heterocycles. The van der Waals surface area contributed by atoms with Crippen LogP contribution in [0.15, 0.2) is 0 Å². The second-order valence-corrected chi connectivity index (χ2v) is 3.52. The van der Waals surface area contributed by atoms with Crippen molar-refractivity contribution in [3.05, 3.63) is 0 Å². The maximum atomic E-state index is 5.65. The van der Waals surface area contributed by atoms with Gasteiger partial charge in [0.05, 0.1) is 18.3 Å². The van der Waals surface area contributed by atoms with Crippen LogP contribution in [0, 0.1) is 5.92 Å². The van der Waals surface area contributed by atoms with Crippen molar-refractivity contribution in [3.63, 3.8) is 0 Å². The molecule has 11 heavy (non-hydrogen) atoms. The fraction of sp³-hybridized carbons (Fsp3) is 1.00. The summed E-state index contributed by atoms with van der Waals surface area (Å²) in [6.07, 6.45) is 2.10. The summed E-state index contributed by atoms with van der Waals surface area (Å²) >= 11 is 0. The van der Waals surface area contributed by atoms with E-state index in [0.717, 1.165) is 6.42 Å². The van der Waals surface area contributed by atoms with Crippen molar-refractivity contribution in [3.8, 4) is 0 Å². The standard InChI is InChI=1S/C9H18O2/c1-6-5-9(10-4)7(2)8(3)11-6/h6-9H,5H2,1-4H3/t6?,7-,8+,9?/m0/s1. The molecule has 0 spiro atoms. The van der Waals surface area contributed by atoms with E-state index in [1.54, 1.807) is 7.11 Å². The number of methoxy groups -OCH3 is 1. The lowest BCUT2D eigenvalue weighted by Gasteiger charge is -2.36. The lowest BCUT2D eigenvalue weighted by molar-refractivity contribution is -0.126. The fourth-order valence-corrected chi connectivity index (χ4v) is 1.70. The van der Waals surface area contributed by atoms with Crippen molar-refractivity contribution in [2.75, 3.05) is 7.11 Å². The van der Waals surface area contributed by atoms with Gasteiger partial charge in [-0.1, -0.05) is 6.92 Å². The van der Waals surface area contributed by atoms with Gasteiger partial charge in [-0.15, -0.1) is 0 Å². The summed E-state index contributed by atoms with van der Waals surface area (Å²) < 4.78 is 11.0. The first-order valence-electron chi connectivity index (χ1n) is 4.33. The maximum Gasteiger partial charge on any atom is 0.0646 e. The van der Waals surface area contributed by atoms with Gasteiger partial charge < -0.3 is 9.47 Å². The highest BCUT2D eigenvalue weighted by Crippen LogP contribution is 2.26. The molecule has 0 radical (unpaired) electrons. The molecule has 1 aliphatic rings. The Morgan fingerprint density at radius 2 is 1.91 bits per heavy atom. The monoisotopic (exact) mass is 158 g/mol. The van der Waals surface area contributed by atoms with Crippen LogP contribution in [0.2, 0.25) is 0 Å². The Morgan fingerprint density at radius 3 is 2.45 bits per heavy atom. The van der Waals surface area contributed by atoms with Crippen molar-refractivity contribution in [2.24, 2.45) is 5.92 Å². The highest BCUT2D eigenvalue weighted by molar-refractivity contribution is 4.79. The molecule has 4 atom stereocenters. The normalized spacial score (nSPS) is 45.8. The van der Waals surface area contributed by atoms with E-state index in [1.807, 2.05) is 0 Å². The highest BCUT2D eigenvalue weighted by Gasteiger charge is 2.31. The van der Waals surface area contributed by atoms with Gasteiger partial charge in [-0.2, -0.15) is 0 Å². The van der Waals surface area contributed by atoms with Crippen molar-refractivity contribution >= 4 is 0 Å². The van der Waals surface area contributed by atoms with Gasteiger partial charge in [-0.3, -0.25) is 0 Å². The minimum Gasteiger partial charge on any atom is -0.381 e. The summed E-state index contributed by atoms with van der Waals surface area (Å²) in [7, 11) is 1.78.